The summed E-state index contributed by atoms with van der Waals surface area (Å²) in [6, 6.07) is -0.601. The lowest BCUT2D eigenvalue weighted by Gasteiger charge is -2.35. The molecule has 2 aliphatic heterocycles. The maximum Gasteiger partial charge on any atom is 0.340 e. The van der Waals surface area contributed by atoms with E-state index in [1.54, 1.807) is 4.90 Å². The van der Waals surface area contributed by atoms with Gasteiger partial charge in [0.15, 0.2) is 17.8 Å². The van der Waals surface area contributed by atoms with Crippen LogP contribution in [0, 0.1) is 12.3 Å². The Morgan fingerprint density at radius 1 is 1.02 bits per heavy atom. The van der Waals surface area contributed by atoms with Crippen molar-refractivity contribution < 1.29 is 67.0 Å². The maximum absolute atomic E-state index is 13.3. The summed E-state index contributed by atoms with van der Waals surface area (Å²) in [5, 5.41) is 28.7. The van der Waals surface area contributed by atoms with Crippen molar-refractivity contribution in [3.8, 4) is 12.3 Å². The molecule has 0 saturated carbocycles. The first kappa shape index (κ1) is 41.4. The molecule has 1 amide bonds. The maximum atomic E-state index is 13.3. The summed E-state index contributed by atoms with van der Waals surface area (Å²) in [5.41, 5.74) is 0.109. The van der Waals surface area contributed by atoms with Gasteiger partial charge in [-0.15, -0.1) is 6.42 Å². The Morgan fingerprint density at radius 3 is 2.35 bits per heavy atom. The molecule has 286 valence electrons. The zero-order chi connectivity index (χ0) is 37.0. The van der Waals surface area contributed by atoms with Gasteiger partial charge in [0.05, 0.1) is 64.4 Å². The van der Waals surface area contributed by atoms with Crippen LogP contribution in [0.4, 0.5) is 5.82 Å². The number of fused-ring (bicyclic) bond motifs is 1. The number of piperidine rings is 1. The Balaban J connectivity index is 1.31. The highest BCUT2D eigenvalue weighted by Gasteiger charge is 2.46. The summed E-state index contributed by atoms with van der Waals surface area (Å²) < 4.78 is 56.3. The number of amides is 1. The average Bonchev–Trinajstić information content (AvgIpc) is 3.61. The van der Waals surface area contributed by atoms with Crippen molar-refractivity contribution in [1.29, 1.82) is 0 Å². The van der Waals surface area contributed by atoms with Crippen LogP contribution in [-0.2, 0) is 42.1 Å². The van der Waals surface area contributed by atoms with Crippen LogP contribution in [0.25, 0.3) is 11.0 Å². The number of carbonyl (C=O) groups is 1. The molecule has 0 radical (unpaired) electrons. The molecule has 0 spiro atoms. The number of nitrogens with one attached hydrogen (secondary N) is 1. The van der Waals surface area contributed by atoms with E-state index in [9.17, 15) is 29.0 Å². The first-order chi connectivity index (χ1) is 24.3. The van der Waals surface area contributed by atoms with Crippen molar-refractivity contribution >= 4 is 49.6 Å². The van der Waals surface area contributed by atoms with E-state index in [0.717, 1.165) is 17.5 Å². The molecule has 23 heteroatoms. The van der Waals surface area contributed by atoms with Gasteiger partial charge in [0.25, 0.3) is 0 Å². The van der Waals surface area contributed by atoms with Gasteiger partial charge >= 0.3 is 15.2 Å². The molecule has 4 rings (SSSR count). The molecule has 0 aromatic carbocycles. The lowest BCUT2D eigenvalue weighted by molar-refractivity contribution is -0.123. The van der Waals surface area contributed by atoms with Crippen LogP contribution in [0.15, 0.2) is 6.20 Å². The number of nitrogens with zero attached hydrogens (tertiary/aromatic N) is 5. The molecule has 20 nitrogen and oxygen atoms in total. The first-order valence-electron chi connectivity index (χ1n) is 16.0. The number of aliphatic hydroxyl groups is 2. The summed E-state index contributed by atoms with van der Waals surface area (Å²) in [4.78, 5) is 51.6. The highest BCUT2D eigenvalue weighted by Crippen LogP contribution is 2.55. The van der Waals surface area contributed by atoms with Gasteiger partial charge in [-0.05, 0) is 30.9 Å². The average molecular weight is 785 g/mol. The van der Waals surface area contributed by atoms with Gasteiger partial charge in [0.1, 0.15) is 36.8 Å². The fourth-order valence-corrected chi connectivity index (χ4v) is 8.16. The predicted octanol–water partition coefficient (Wildman–Crippen LogP) is -0.389. The second-order valence-electron chi connectivity index (χ2n) is 11.5. The van der Waals surface area contributed by atoms with Crippen molar-refractivity contribution in [3.05, 3.63) is 11.5 Å². The normalized spacial score (nSPS) is 23.7. The van der Waals surface area contributed by atoms with Gasteiger partial charge in [-0.1, -0.05) is 5.92 Å². The third-order valence-electron chi connectivity index (χ3n) is 7.71. The van der Waals surface area contributed by atoms with Crippen LogP contribution in [-0.4, -0.2) is 153 Å². The number of halogens is 1. The number of hydrogen-bond acceptors (Lipinski definition) is 15. The Kier molecular flexibility index (Phi) is 16.0. The standard InChI is InChI=1S/C28H43ClN6O14P2/c1-2-8-44-10-12-46-14-15-47-13-11-45-9-6-30-26(38)20-5-3-4-7-34(20)24-19-16-31-35(25(19)33-28(29)32-24)27-23(37)22(36)21(49-27)17-48-51(42,43)18-50(39,40)41/h1,16,20-23,27,36-37H,3-15,17-18H2,(H,30,38)(H,42,43)(H2,39,40,41)/t20-,21+,22+,23+,27+/m0/s1. The van der Waals surface area contributed by atoms with Crippen molar-refractivity contribution in [2.75, 3.05) is 83.4 Å². The molecule has 2 saturated heterocycles. The van der Waals surface area contributed by atoms with Gasteiger partial charge < -0.3 is 63.3 Å². The highest BCUT2D eigenvalue weighted by atomic mass is 35.5. The number of aliphatic hydroxyl groups excluding tert-OH is 2. The summed E-state index contributed by atoms with van der Waals surface area (Å²) in [5.74, 6) is 1.02. The number of terminal acetylenes is 1. The van der Waals surface area contributed by atoms with Crippen molar-refractivity contribution in [2.45, 2.75) is 49.8 Å². The molecule has 2 aliphatic rings. The van der Waals surface area contributed by atoms with Gasteiger partial charge in [-0.2, -0.15) is 15.1 Å². The number of rotatable bonds is 21. The zero-order valence-corrected chi connectivity index (χ0v) is 30.1. The number of aromatic nitrogens is 4. The smallest absolute Gasteiger partial charge is 0.340 e. The summed E-state index contributed by atoms with van der Waals surface area (Å²) in [6.45, 7) is 2.82. The quantitative estimate of drug-likeness (QED) is 0.0407. The van der Waals surface area contributed by atoms with E-state index >= 15 is 0 Å². The van der Waals surface area contributed by atoms with E-state index in [-0.39, 0.29) is 36.6 Å². The monoisotopic (exact) mass is 784 g/mol. The van der Waals surface area contributed by atoms with E-state index in [4.69, 9.17) is 56.0 Å². The SMILES string of the molecule is C#CCOCCOCCOCCOCCNC(=O)[C@@H]1CCCCN1c1nc(Cl)nc2c1cnn2[C@@H]1O[C@H](COP(=O)(O)CP(=O)(O)O)[C@@H](O)[C@H]1O. The number of carbonyl (C=O) groups excluding carboxylic acids is 1. The molecular weight excluding hydrogens is 742 g/mol. The highest BCUT2D eigenvalue weighted by molar-refractivity contribution is 7.70. The fourth-order valence-electron chi connectivity index (χ4n) is 5.44. The van der Waals surface area contributed by atoms with Crippen molar-refractivity contribution in [3.63, 3.8) is 0 Å². The van der Waals surface area contributed by atoms with E-state index in [1.165, 1.54) is 6.20 Å². The third kappa shape index (κ3) is 12.4. The number of ether oxygens (including phenoxy) is 5. The lowest BCUT2D eigenvalue weighted by atomic mass is 10.0. The summed E-state index contributed by atoms with van der Waals surface area (Å²) >= 11 is 6.32. The first-order valence-corrected chi connectivity index (χ1v) is 20.0. The van der Waals surface area contributed by atoms with E-state index in [0.29, 0.717) is 63.8 Å². The predicted molar refractivity (Wildman–Crippen MR) is 179 cm³/mol. The molecule has 6 N–H and O–H groups in total. The molecule has 1 unspecified atom stereocenters. The topological polar surface area (TPSA) is 267 Å². The van der Waals surface area contributed by atoms with Gasteiger partial charge in [0.2, 0.25) is 11.2 Å². The van der Waals surface area contributed by atoms with Crippen LogP contribution >= 0.6 is 26.8 Å². The Hall–Kier alpha value is -2.31. The van der Waals surface area contributed by atoms with Crippen molar-refractivity contribution in [1.82, 2.24) is 25.1 Å². The van der Waals surface area contributed by atoms with E-state index in [2.05, 4.69) is 26.3 Å². The van der Waals surface area contributed by atoms with E-state index < -0.39 is 58.3 Å². The van der Waals surface area contributed by atoms with E-state index in [1.807, 2.05) is 0 Å². The van der Waals surface area contributed by atoms with Gasteiger partial charge in [-0.25, -0.2) is 4.68 Å². The third-order valence-corrected chi connectivity index (χ3v) is 11.3. The molecule has 51 heavy (non-hydrogen) atoms. The summed E-state index contributed by atoms with van der Waals surface area (Å²) in [7, 11) is -9.64. The molecule has 6 atom stereocenters. The Morgan fingerprint density at radius 2 is 1.69 bits per heavy atom. The largest absolute Gasteiger partial charge is 0.387 e. The van der Waals surface area contributed by atoms with Gasteiger partial charge in [0, 0.05) is 13.1 Å². The molecule has 2 aromatic rings. The molecule has 0 aliphatic carbocycles. The minimum atomic E-state index is -4.89. The second kappa shape index (κ2) is 19.7. The molecule has 2 aromatic heterocycles. The number of anilines is 1. The second-order valence-corrected chi connectivity index (χ2v) is 15.9. The molecule has 2 fully saturated rings. The molecule has 4 heterocycles. The van der Waals surface area contributed by atoms with Crippen LogP contribution < -0.4 is 10.2 Å². The lowest BCUT2D eigenvalue weighted by Crippen LogP contribution is -2.50. The Labute approximate surface area is 298 Å². The van der Waals surface area contributed by atoms with Crippen LogP contribution in [0.1, 0.15) is 25.5 Å². The minimum absolute atomic E-state index is 0.109. The van der Waals surface area contributed by atoms with Crippen molar-refractivity contribution in [2.24, 2.45) is 0 Å². The number of hydrogen-bond donors (Lipinski definition) is 6. The fraction of sp³-hybridized carbons (Fsp3) is 0.714. The van der Waals surface area contributed by atoms with Gasteiger partial charge in [-0.3, -0.25) is 13.9 Å². The zero-order valence-electron chi connectivity index (χ0n) is 27.6. The van der Waals surface area contributed by atoms with Crippen LogP contribution in [0.5, 0.6) is 0 Å². The Bertz CT molecular complexity index is 1580. The van der Waals surface area contributed by atoms with Crippen LogP contribution in [0.2, 0.25) is 5.28 Å². The molecule has 0 bridgehead atoms. The molecular formula is C28H43ClN6O14P2. The minimum Gasteiger partial charge on any atom is -0.387 e. The summed E-state index contributed by atoms with van der Waals surface area (Å²) in [6.07, 6.45) is 2.59. The van der Waals surface area contributed by atoms with Crippen LogP contribution in [0.3, 0.4) is 0 Å².